The van der Waals surface area contributed by atoms with Crippen molar-refractivity contribution in [2.24, 2.45) is 13.0 Å². The second-order valence-corrected chi connectivity index (χ2v) is 5.76. The van der Waals surface area contributed by atoms with Crippen molar-refractivity contribution in [2.45, 2.75) is 13.3 Å². The number of amides is 1. The third-order valence-electron chi connectivity index (χ3n) is 4.16. The van der Waals surface area contributed by atoms with Crippen LogP contribution >= 0.6 is 0 Å². The van der Waals surface area contributed by atoms with Crippen molar-refractivity contribution in [3.63, 3.8) is 0 Å². The number of carbonyl (C=O) groups excluding carboxylic acids is 1. The van der Waals surface area contributed by atoms with Gasteiger partial charge in [0.2, 0.25) is 0 Å². The molecule has 3 heterocycles. The summed E-state index contributed by atoms with van der Waals surface area (Å²) in [6, 6.07) is 0. The van der Waals surface area contributed by atoms with Gasteiger partial charge in [0.1, 0.15) is 0 Å². The summed E-state index contributed by atoms with van der Waals surface area (Å²) in [5.41, 5.74) is 2.56. The number of aromatic nitrogens is 3. The minimum Gasteiger partial charge on any atom is -0.381 e. The molecule has 2 aromatic heterocycles. The lowest BCUT2D eigenvalue weighted by molar-refractivity contribution is 0.0732. The summed E-state index contributed by atoms with van der Waals surface area (Å²) in [6.45, 7) is 5.04. The molecule has 6 nitrogen and oxygen atoms in total. The lowest BCUT2D eigenvalue weighted by atomic mass is 10.1. The molecule has 1 amide bonds. The SMILES string of the molecule is CCN(CC1CCOC1)C(=O)c1c[nH]cc1-c1cnn(C)c1. The van der Waals surface area contributed by atoms with Crippen LogP contribution in [0.5, 0.6) is 0 Å². The first-order valence-corrected chi connectivity index (χ1v) is 7.72. The van der Waals surface area contributed by atoms with Gasteiger partial charge in [0, 0.05) is 62.4 Å². The van der Waals surface area contributed by atoms with Gasteiger partial charge < -0.3 is 14.6 Å². The van der Waals surface area contributed by atoms with E-state index in [1.807, 2.05) is 31.3 Å². The van der Waals surface area contributed by atoms with E-state index in [0.29, 0.717) is 18.0 Å². The van der Waals surface area contributed by atoms with Crippen LogP contribution in [-0.4, -0.2) is 51.9 Å². The maximum atomic E-state index is 12.9. The number of H-pyrrole nitrogens is 1. The third kappa shape index (κ3) is 2.92. The fourth-order valence-electron chi connectivity index (χ4n) is 2.90. The Balaban J connectivity index is 1.80. The van der Waals surface area contributed by atoms with Gasteiger partial charge in [-0.3, -0.25) is 9.48 Å². The summed E-state index contributed by atoms with van der Waals surface area (Å²) < 4.78 is 7.15. The van der Waals surface area contributed by atoms with Gasteiger partial charge in [-0.2, -0.15) is 5.10 Å². The molecule has 1 aliphatic heterocycles. The Labute approximate surface area is 130 Å². The molecule has 1 fully saturated rings. The second-order valence-electron chi connectivity index (χ2n) is 5.76. The Hall–Kier alpha value is -2.08. The molecular weight excluding hydrogens is 280 g/mol. The minimum atomic E-state index is 0.0644. The number of aryl methyl sites for hydroxylation is 1. The Morgan fingerprint density at radius 3 is 3.05 bits per heavy atom. The van der Waals surface area contributed by atoms with Gasteiger partial charge in [0.25, 0.3) is 5.91 Å². The molecule has 2 aromatic rings. The van der Waals surface area contributed by atoms with E-state index in [9.17, 15) is 4.79 Å². The van der Waals surface area contributed by atoms with Crippen LogP contribution in [0.3, 0.4) is 0 Å². The van der Waals surface area contributed by atoms with Crippen molar-refractivity contribution in [3.8, 4) is 11.1 Å². The summed E-state index contributed by atoms with van der Waals surface area (Å²) in [6.07, 6.45) is 8.36. The van der Waals surface area contributed by atoms with Crippen molar-refractivity contribution < 1.29 is 9.53 Å². The fourth-order valence-corrected chi connectivity index (χ4v) is 2.90. The molecule has 0 saturated carbocycles. The summed E-state index contributed by atoms with van der Waals surface area (Å²) in [4.78, 5) is 17.8. The number of nitrogens with one attached hydrogen (secondary N) is 1. The summed E-state index contributed by atoms with van der Waals surface area (Å²) in [5.74, 6) is 0.513. The van der Waals surface area contributed by atoms with Crippen LogP contribution in [0.1, 0.15) is 23.7 Å². The Kier molecular flexibility index (Phi) is 4.29. The highest BCUT2D eigenvalue weighted by molar-refractivity contribution is 6.00. The van der Waals surface area contributed by atoms with Crippen molar-refractivity contribution in [1.82, 2.24) is 19.7 Å². The van der Waals surface area contributed by atoms with Crippen molar-refractivity contribution in [2.75, 3.05) is 26.3 Å². The van der Waals surface area contributed by atoms with Gasteiger partial charge in [-0.15, -0.1) is 0 Å². The zero-order valence-electron chi connectivity index (χ0n) is 13.1. The normalized spacial score (nSPS) is 17.8. The zero-order chi connectivity index (χ0) is 15.5. The number of rotatable bonds is 5. The number of aromatic amines is 1. The van der Waals surface area contributed by atoms with Gasteiger partial charge >= 0.3 is 0 Å². The molecule has 118 valence electrons. The van der Waals surface area contributed by atoms with E-state index >= 15 is 0 Å². The Bertz CT molecular complexity index is 640. The van der Waals surface area contributed by atoms with Gasteiger partial charge in [0.15, 0.2) is 0 Å². The van der Waals surface area contributed by atoms with Crippen molar-refractivity contribution in [1.29, 1.82) is 0 Å². The molecule has 6 heteroatoms. The Morgan fingerprint density at radius 2 is 2.41 bits per heavy atom. The lowest BCUT2D eigenvalue weighted by Crippen LogP contribution is -2.35. The molecule has 0 bridgehead atoms. The predicted octanol–water partition coefficient (Wildman–Crippen LogP) is 1.91. The summed E-state index contributed by atoms with van der Waals surface area (Å²) in [5, 5.41) is 4.18. The third-order valence-corrected chi connectivity index (χ3v) is 4.16. The monoisotopic (exact) mass is 302 g/mol. The number of hydrogen-bond donors (Lipinski definition) is 1. The van der Waals surface area contributed by atoms with Crippen LogP contribution in [0.25, 0.3) is 11.1 Å². The average molecular weight is 302 g/mol. The Morgan fingerprint density at radius 1 is 1.55 bits per heavy atom. The van der Waals surface area contributed by atoms with Crippen LogP contribution in [0.4, 0.5) is 0 Å². The van der Waals surface area contributed by atoms with Gasteiger partial charge in [-0.05, 0) is 13.3 Å². The van der Waals surface area contributed by atoms with E-state index in [1.165, 1.54) is 0 Å². The van der Waals surface area contributed by atoms with E-state index < -0.39 is 0 Å². The quantitative estimate of drug-likeness (QED) is 0.917. The predicted molar refractivity (Wildman–Crippen MR) is 83.5 cm³/mol. The highest BCUT2D eigenvalue weighted by Gasteiger charge is 2.24. The smallest absolute Gasteiger partial charge is 0.256 e. The first-order chi connectivity index (χ1) is 10.7. The molecule has 3 rings (SSSR count). The molecule has 1 aliphatic rings. The first kappa shape index (κ1) is 14.8. The number of hydrogen-bond acceptors (Lipinski definition) is 3. The van der Waals surface area contributed by atoms with Crippen LogP contribution in [0, 0.1) is 5.92 Å². The van der Waals surface area contributed by atoms with Crippen molar-refractivity contribution in [3.05, 3.63) is 30.4 Å². The van der Waals surface area contributed by atoms with Gasteiger partial charge in [-0.1, -0.05) is 0 Å². The van der Waals surface area contributed by atoms with Crippen LogP contribution in [0.2, 0.25) is 0 Å². The van der Waals surface area contributed by atoms with E-state index in [4.69, 9.17) is 4.74 Å². The van der Waals surface area contributed by atoms with Gasteiger partial charge in [0.05, 0.1) is 18.4 Å². The van der Waals surface area contributed by atoms with Crippen molar-refractivity contribution >= 4 is 5.91 Å². The van der Waals surface area contributed by atoms with E-state index in [2.05, 4.69) is 10.1 Å². The van der Waals surface area contributed by atoms with Crippen LogP contribution in [-0.2, 0) is 11.8 Å². The maximum Gasteiger partial charge on any atom is 0.256 e. The van der Waals surface area contributed by atoms with Gasteiger partial charge in [-0.25, -0.2) is 0 Å². The van der Waals surface area contributed by atoms with E-state index in [-0.39, 0.29) is 5.91 Å². The first-order valence-electron chi connectivity index (χ1n) is 7.72. The molecule has 0 aromatic carbocycles. The standard InChI is InChI=1S/C16H22N4O2/c1-3-20(9-12-4-5-22-11-12)16(21)15-8-17-7-14(15)13-6-18-19(2)10-13/h6-8,10,12,17H,3-5,9,11H2,1-2H3. The molecule has 0 spiro atoms. The topological polar surface area (TPSA) is 63.1 Å². The lowest BCUT2D eigenvalue weighted by Gasteiger charge is -2.23. The minimum absolute atomic E-state index is 0.0644. The largest absolute Gasteiger partial charge is 0.381 e. The summed E-state index contributed by atoms with van der Waals surface area (Å²) in [7, 11) is 1.87. The molecule has 1 atom stereocenters. The van der Waals surface area contributed by atoms with Crippen LogP contribution in [0.15, 0.2) is 24.8 Å². The van der Waals surface area contributed by atoms with E-state index in [0.717, 1.165) is 37.3 Å². The summed E-state index contributed by atoms with van der Waals surface area (Å²) >= 11 is 0. The molecule has 1 unspecified atom stereocenters. The number of nitrogens with zero attached hydrogens (tertiary/aromatic N) is 3. The molecule has 1 N–H and O–H groups in total. The zero-order valence-corrected chi connectivity index (χ0v) is 13.1. The van der Waals surface area contributed by atoms with Crippen LogP contribution < -0.4 is 0 Å². The molecule has 0 aliphatic carbocycles. The fraction of sp³-hybridized carbons (Fsp3) is 0.500. The number of ether oxygens (including phenoxy) is 1. The van der Waals surface area contributed by atoms with E-state index in [1.54, 1.807) is 17.1 Å². The molecule has 1 saturated heterocycles. The second kappa shape index (κ2) is 6.36. The molecule has 0 radical (unpaired) electrons. The number of carbonyl (C=O) groups is 1. The average Bonchev–Trinajstić information content (AvgIpc) is 3.24. The maximum absolute atomic E-state index is 12.9. The highest BCUT2D eigenvalue weighted by Crippen LogP contribution is 2.25. The molecular formula is C16H22N4O2. The highest BCUT2D eigenvalue weighted by atomic mass is 16.5. The molecule has 22 heavy (non-hydrogen) atoms.